The summed E-state index contributed by atoms with van der Waals surface area (Å²) in [7, 11) is 0. The summed E-state index contributed by atoms with van der Waals surface area (Å²) in [5.74, 6) is 3.12. The number of para-hydroxylation sites is 1. The Bertz CT molecular complexity index is 678. The van der Waals surface area contributed by atoms with Gasteiger partial charge in [-0.25, -0.2) is 0 Å². The third-order valence-corrected chi connectivity index (χ3v) is 7.28. The quantitative estimate of drug-likeness (QED) is 0.829. The lowest BCUT2D eigenvalue weighted by Crippen LogP contribution is -2.54. The molecule has 4 aliphatic carbocycles. The number of aromatic amines is 1. The SMILES string of the molecule is C[C@@H](NCc1c[nH]c2ccccc12)C12CC3CC(CC(C3)C1)C2. The molecule has 4 saturated carbocycles. The third-order valence-electron chi connectivity index (χ3n) is 7.28. The van der Waals surface area contributed by atoms with Crippen molar-refractivity contribution in [2.75, 3.05) is 0 Å². The molecule has 23 heavy (non-hydrogen) atoms. The number of hydrogen-bond donors (Lipinski definition) is 2. The van der Waals surface area contributed by atoms with Crippen LogP contribution < -0.4 is 5.32 Å². The van der Waals surface area contributed by atoms with Gasteiger partial charge in [0, 0.05) is 29.7 Å². The molecule has 1 aromatic heterocycles. The van der Waals surface area contributed by atoms with Gasteiger partial charge in [-0.05, 0) is 80.2 Å². The lowest BCUT2D eigenvalue weighted by atomic mass is 9.48. The molecule has 122 valence electrons. The van der Waals surface area contributed by atoms with Crippen molar-refractivity contribution in [3.8, 4) is 0 Å². The standard InChI is InChI=1S/C21H28N2/c1-14(21-9-15-6-16(10-21)8-17(7-15)11-21)22-12-18-13-23-20-5-3-2-4-19(18)20/h2-5,13-17,22-23H,6-12H2,1H3/t14-,15?,16?,17?,21?/m1/s1. The molecule has 1 aromatic carbocycles. The van der Waals surface area contributed by atoms with E-state index in [0.717, 1.165) is 24.3 Å². The van der Waals surface area contributed by atoms with Gasteiger partial charge in [0.1, 0.15) is 0 Å². The molecule has 1 atom stereocenters. The summed E-state index contributed by atoms with van der Waals surface area (Å²) in [4.78, 5) is 3.41. The summed E-state index contributed by atoms with van der Waals surface area (Å²) in [5, 5.41) is 5.29. The van der Waals surface area contributed by atoms with Crippen LogP contribution in [0.2, 0.25) is 0 Å². The number of H-pyrrole nitrogens is 1. The van der Waals surface area contributed by atoms with Crippen LogP contribution in [0.5, 0.6) is 0 Å². The molecule has 2 heteroatoms. The van der Waals surface area contributed by atoms with Crippen molar-refractivity contribution in [3.05, 3.63) is 36.0 Å². The van der Waals surface area contributed by atoms with Crippen LogP contribution >= 0.6 is 0 Å². The van der Waals surface area contributed by atoms with Crippen LogP contribution in [-0.2, 0) is 6.54 Å². The molecule has 2 aromatic rings. The number of aromatic nitrogens is 1. The van der Waals surface area contributed by atoms with Gasteiger partial charge in [0.2, 0.25) is 0 Å². The average molecular weight is 308 g/mol. The average Bonchev–Trinajstić information content (AvgIpc) is 2.94. The molecule has 4 aliphatic rings. The lowest BCUT2D eigenvalue weighted by Gasteiger charge is -2.59. The number of benzene rings is 1. The fraction of sp³-hybridized carbons (Fsp3) is 0.619. The van der Waals surface area contributed by atoms with Gasteiger partial charge in [0.15, 0.2) is 0 Å². The normalized spacial score (nSPS) is 36.7. The smallest absolute Gasteiger partial charge is 0.0457 e. The summed E-state index contributed by atoms with van der Waals surface area (Å²) in [5.41, 5.74) is 3.27. The maximum atomic E-state index is 3.91. The Morgan fingerprint density at radius 1 is 1.09 bits per heavy atom. The van der Waals surface area contributed by atoms with Crippen molar-refractivity contribution in [1.29, 1.82) is 0 Å². The number of nitrogens with one attached hydrogen (secondary N) is 2. The van der Waals surface area contributed by atoms with Crippen LogP contribution in [0, 0.1) is 23.2 Å². The highest BCUT2D eigenvalue weighted by molar-refractivity contribution is 5.82. The fourth-order valence-corrected chi connectivity index (χ4v) is 6.47. The monoisotopic (exact) mass is 308 g/mol. The molecular weight excluding hydrogens is 280 g/mol. The van der Waals surface area contributed by atoms with Gasteiger partial charge in [0.05, 0.1) is 0 Å². The largest absolute Gasteiger partial charge is 0.361 e. The highest BCUT2D eigenvalue weighted by Gasteiger charge is 2.52. The molecule has 6 rings (SSSR count). The molecule has 0 spiro atoms. The molecular formula is C21H28N2. The van der Waals surface area contributed by atoms with Gasteiger partial charge in [0.25, 0.3) is 0 Å². The van der Waals surface area contributed by atoms with E-state index >= 15 is 0 Å². The lowest BCUT2D eigenvalue weighted by molar-refractivity contribution is -0.0706. The first kappa shape index (κ1) is 14.1. The van der Waals surface area contributed by atoms with E-state index in [9.17, 15) is 0 Å². The summed E-state index contributed by atoms with van der Waals surface area (Å²) in [6, 6.07) is 9.29. The topological polar surface area (TPSA) is 27.8 Å². The zero-order valence-corrected chi connectivity index (χ0v) is 14.1. The summed E-state index contributed by atoms with van der Waals surface area (Å²) in [6.45, 7) is 3.45. The molecule has 0 amide bonds. The van der Waals surface area contributed by atoms with Crippen molar-refractivity contribution in [3.63, 3.8) is 0 Å². The Hall–Kier alpha value is -1.28. The minimum atomic E-state index is 0.598. The Balaban J connectivity index is 1.33. The Labute approximate surface area is 139 Å². The van der Waals surface area contributed by atoms with E-state index in [1.165, 1.54) is 55.0 Å². The highest BCUT2D eigenvalue weighted by Crippen LogP contribution is 2.61. The van der Waals surface area contributed by atoms with Gasteiger partial charge < -0.3 is 10.3 Å². The first-order valence-electron chi connectivity index (χ1n) is 9.50. The van der Waals surface area contributed by atoms with Crippen LogP contribution in [0.25, 0.3) is 10.9 Å². The molecule has 0 saturated heterocycles. The molecule has 1 heterocycles. The van der Waals surface area contributed by atoms with Crippen LogP contribution in [0.1, 0.15) is 51.0 Å². The zero-order chi connectivity index (χ0) is 15.4. The fourth-order valence-electron chi connectivity index (χ4n) is 6.47. The predicted molar refractivity (Wildman–Crippen MR) is 95.2 cm³/mol. The van der Waals surface area contributed by atoms with Gasteiger partial charge >= 0.3 is 0 Å². The van der Waals surface area contributed by atoms with Gasteiger partial charge in [-0.1, -0.05) is 18.2 Å². The summed E-state index contributed by atoms with van der Waals surface area (Å²) in [6.07, 6.45) is 11.3. The predicted octanol–water partition coefficient (Wildman–Crippen LogP) is 4.86. The van der Waals surface area contributed by atoms with Crippen molar-refractivity contribution in [1.82, 2.24) is 10.3 Å². The first-order valence-corrected chi connectivity index (χ1v) is 9.50. The molecule has 2 nitrogen and oxygen atoms in total. The second-order valence-electron chi connectivity index (χ2n) is 8.74. The van der Waals surface area contributed by atoms with Crippen LogP contribution in [-0.4, -0.2) is 11.0 Å². The van der Waals surface area contributed by atoms with E-state index in [-0.39, 0.29) is 0 Å². The van der Waals surface area contributed by atoms with E-state index < -0.39 is 0 Å². The molecule has 2 N–H and O–H groups in total. The maximum Gasteiger partial charge on any atom is 0.0457 e. The molecule has 4 bridgehead atoms. The Morgan fingerprint density at radius 2 is 1.74 bits per heavy atom. The van der Waals surface area contributed by atoms with Crippen LogP contribution in [0.15, 0.2) is 30.5 Å². The van der Waals surface area contributed by atoms with Gasteiger partial charge in [-0.3, -0.25) is 0 Å². The summed E-state index contributed by atoms with van der Waals surface area (Å²) >= 11 is 0. The second-order valence-corrected chi connectivity index (χ2v) is 8.74. The summed E-state index contributed by atoms with van der Waals surface area (Å²) < 4.78 is 0. The minimum absolute atomic E-state index is 0.598. The van der Waals surface area contributed by atoms with Gasteiger partial charge in [-0.15, -0.1) is 0 Å². The number of hydrogen-bond acceptors (Lipinski definition) is 1. The van der Waals surface area contributed by atoms with Gasteiger partial charge in [-0.2, -0.15) is 0 Å². The van der Waals surface area contributed by atoms with E-state index in [2.05, 4.69) is 47.7 Å². The Kier molecular flexibility index (Phi) is 3.13. The van der Waals surface area contributed by atoms with E-state index in [4.69, 9.17) is 0 Å². The Morgan fingerprint density at radius 3 is 2.43 bits per heavy atom. The van der Waals surface area contributed by atoms with Crippen molar-refractivity contribution < 1.29 is 0 Å². The first-order chi connectivity index (χ1) is 11.2. The molecule has 0 aliphatic heterocycles. The van der Waals surface area contributed by atoms with E-state index in [0.29, 0.717) is 11.5 Å². The van der Waals surface area contributed by atoms with Crippen LogP contribution in [0.3, 0.4) is 0 Å². The van der Waals surface area contributed by atoms with E-state index in [1.54, 1.807) is 0 Å². The number of rotatable bonds is 4. The van der Waals surface area contributed by atoms with E-state index in [1.807, 2.05) is 0 Å². The maximum absolute atomic E-state index is 3.91. The molecule has 4 fully saturated rings. The minimum Gasteiger partial charge on any atom is -0.361 e. The second kappa shape index (κ2) is 5.11. The highest BCUT2D eigenvalue weighted by atomic mass is 14.9. The number of fused-ring (bicyclic) bond motifs is 1. The van der Waals surface area contributed by atoms with Crippen molar-refractivity contribution in [2.45, 2.75) is 58.0 Å². The molecule has 0 unspecified atom stereocenters. The van der Waals surface area contributed by atoms with Crippen molar-refractivity contribution >= 4 is 10.9 Å². The molecule has 0 radical (unpaired) electrons. The van der Waals surface area contributed by atoms with Crippen LogP contribution in [0.4, 0.5) is 0 Å². The zero-order valence-electron chi connectivity index (χ0n) is 14.1. The third kappa shape index (κ3) is 2.26. The van der Waals surface area contributed by atoms with Crippen molar-refractivity contribution in [2.24, 2.45) is 23.2 Å².